The zero-order chi connectivity index (χ0) is 13.9. The average Bonchev–Trinajstić information content (AvgIpc) is 2.37. The van der Waals surface area contributed by atoms with Crippen LogP contribution in [0.25, 0.3) is 0 Å². The van der Waals surface area contributed by atoms with E-state index in [0.29, 0.717) is 0 Å². The number of pyridine rings is 1. The molecule has 1 fully saturated rings. The van der Waals surface area contributed by atoms with Gasteiger partial charge in [0, 0.05) is 59.2 Å². The molecule has 1 saturated heterocycles. The van der Waals surface area contributed by atoms with Crippen molar-refractivity contribution in [1.29, 1.82) is 0 Å². The second-order valence-corrected chi connectivity index (χ2v) is 7.62. The molecule has 0 saturated carbocycles. The van der Waals surface area contributed by atoms with Gasteiger partial charge in [0.05, 0.1) is 0 Å². The average molecular weight is 281 g/mol. The first kappa shape index (κ1) is 14.5. The van der Waals surface area contributed by atoms with Crippen LogP contribution in [0.3, 0.4) is 0 Å². The maximum atomic E-state index is 11.4. The molecular weight excluding hydrogens is 258 g/mol. The van der Waals surface area contributed by atoms with Crippen molar-refractivity contribution in [3.05, 3.63) is 23.9 Å². The van der Waals surface area contributed by atoms with Crippen molar-refractivity contribution in [3.8, 4) is 0 Å². The molecule has 0 unspecified atom stereocenters. The quantitative estimate of drug-likeness (QED) is 0.913. The lowest BCUT2D eigenvalue weighted by Gasteiger charge is -2.30. The molecule has 1 aromatic rings. The SMILES string of the molecule is CC(C)(C)NCc1cccnc1N1CCS(=O)CC1. The predicted molar refractivity (Wildman–Crippen MR) is 80.9 cm³/mol. The standard InChI is InChI=1S/C14H23N3OS/c1-14(2,3)16-11-12-5-4-6-15-13(12)17-7-9-19(18)10-8-17/h4-6,16H,7-11H2,1-3H3. The molecule has 0 atom stereocenters. The lowest BCUT2D eigenvalue weighted by Crippen LogP contribution is -2.40. The van der Waals surface area contributed by atoms with E-state index in [1.165, 1.54) is 5.56 Å². The van der Waals surface area contributed by atoms with Crippen LogP contribution in [0.2, 0.25) is 0 Å². The Labute approximate surface area is 118 Å². The number of hydrogen-bond donors (Lipinski definition) is 1. The van der Waals surface area contributed by atoms with Gasteiger partial charge in [0.25, 0.3) is 0 Å². The Morgan fingerprint density at radius 3 is 2.68 bits per heavy atom. The molecule has 1 aliphatic rings. The fourth-order valence-electron chi connectivity index (χ4n) is 2.06. The molecule has 4 nitrogen and oxygen atoms in total. The number of rotatable bonds is 3. The molecule has 0 aliphatic carbocycles. The number of aromatic nitrogens is 1. The van der Waals surface area contributed by atoms with E-state index in [2.05, 4.69) is 42.0 Å². The molecule has 5 heteroatoms. The Morgan fingerprint density at radius 2 is 2.05 bits per heavy atom. The highest BCUT2D eigenvalue weighted by atomic mass is 32.2. The fraction of sp³-hybridized carbons (Fsp3) is 0.643. The zero-order valence-corrected chi connectivity index (χ0v) is 12.8. The van der Waals surface area contributed by atoms with E-state index in [-0.39, 0.29) is 5.54 Å². The summed E-state index contributed by atoms with van der Waals surface area (Å²) in [6.07, 6.45) is 1.83. The summed E-state index contributed by atoms with van der Waals surface area (Å²) in [7, 11) is -0.644. The smallest absolute Gasteiger partial charge is 0.133 e. The van der Waals surface area contributed by atoms with Gasteiger partial charge in [-0.1, -0.05) is 6.07 Å². The number of hydrogen-bond acceptors (Lipinski definition) is 4. The third-order valence-corrected chi connectivity index (χ3v) is 4.43. The van der Waals surface area contributed by atoms with Gasteiger partial charge in [-0.3, -0.25) is 4.21 Å². The molecule has 1 aliphatic heterocycles. The van der Waals surface area contributed by atoms with Crippen LogP contribution in [-0.4, -0.2) is 39.3 Å². The first-order valence-electron chi connectivity index (χ1n) is 6.74. The first-order chi connectivity index (χ1) is 8.96. The van der Waals surface area contributed by atoms with E-state index in [1.54, 1.807) is 0 Å². The van der Waals surface area contributed by atoms with Crippen LogP contribution in [-0.2, 0) is 17.3 Å². The Morgan fingerprint density at radius 1 is 1.37 bits per heavy atom. The third-order valence-electron chi connectivity index (χ3n) is 3.15. The minimum Gasteiger partial charge on any atom is -0.355 e. The van der Waals surface area contributed by atoms with Crippen LogP contribution >= 0.6 is 0 Å². The molecule has 1 N–H and O–H groups in total. The summed E-state index contributed by atoms with van der Waals surface area (Å²) in [5, 5.41) is 3.50. The van der Waals surface area contributed by atoms with Crippen LogP contribution in [0.1, 0.15) is 26.3 Å². The van der Waals surface area contributed by atoms with Gasteiger partial charge in [0.2, 0.25) is 0 Å². The van der Waals surface area contributed by atoms with E-state index in [9.17, 15) is 4.21 Å². The second-order valence-electron chi connectivity index (χ2n) is 5.92. The minimum absolute atomic E-state index is 0.0938. The summed E-state index contributed by atoms with van der Waals surface area (Å²) >= 11 is 0. The van der Waals surface area contributed by atoms with Crippen molar-refractivity contribution in [2.24, 2.45) is 0 Å². The van der Waals surface area contributed by atoms with E-state index in [0.717, 1.165) is 37.0 Å². The van der Waals surface area contributed by atoms with Crippen LogP contribution in [0.15, 0.2) is 18.3 Å². The summed E-state index contributed by atoms with van der Waals surface area (Å²) < 4.78 is 11.4. The van der Waals surface area contributed by atoms with E-state index in [4.69, 9.17) is 0 Å². The van der Waals surface area contributed by atoms with Crippen LogP contribution in [0.4, 0.5) is 5.82 Å². The van der Waals surface area contributed by atoms with Crippen molar-refractivity contribution in [3.63, 3.8) is 0 Å². The molecule has 2 heterocycles. The van der Waals surface area contributed by atoms with Gasteiger partial charge in [-0.2, -0.15) is 0 Å². The number of nitrogens with one attached hydrogen (secondary N) is 1. The molecule has 1 aromatic heterocycles. The number of anilines is 1. The molecule has 106 valence electrons. The number of nitrogens with zero attached hydrogens (tertiary/aromatic N) is 2. The fourth-order valence-corrected chi connectivity index (χ4v) is 3.12. The summed E-state index contributed by atoms with van der Waals surface area (Å²) in [6.45, 7) is 8.97. The van der Waals surface area contributed by atoms with Gasteiger partial charge in [-0.15, -0.1) is 0 Å². The normalized spacial score (nSPS) is 17.7. The maximum Gasteiger partial charge on any atom is 0.133 e. The highest BCUT2D eigenvalue weighted by molar-refractivity contribution is 7.85. The van der Waals surface area contributed by atoms with Crippen molar-refractivity contribution in [2.45, 2.75) is 32.9 Å². The Hall–Kier alpha value is -0.940. The van der Waals surface area contributed by atoms with Crippen molar-refractivity contribution in [2.75, 3.05) is 29.5 Å². The zero-order valence-electron chi connectivity index (χ0n) is 12.0. The monoisotopic (exact) mass is 281 g/mol. The van der Waals surface area contributed by atoms with Gasteiger partial charge >= 0.3 is 0 Å². The van der Waals surface area contributed by atoms with Crippen molar-refractivity contribution >= 4 is 16.6 Å². The van der Waals surface area contributed by atoms with Gasteiger partial charge in [-0.05, 0) is 26.8 Å². The van der Waals surface area contributed by atoms with Gasteiger partial charge in [0.15, 0.2) is 0 Å². The van der Waals surface area contributed by atoms with Crippen LogP contribution < -0.4 is 10.2 Å². The molecule has 0 aromatic carbocycles. The summed E-state index contributed by atoms with van der Waals surface area (Å²) in [5.41, 5.74) is 1.31. The largest absolute Gasteiger partial charge is 0.355 e. The topological polar surface area (TPSA) is 45.2 Å². The predicted octanol–water partition coefficient (Wildman–Crippen LogP) is 1.54. The Bertz CT molecular complexity index is 446. The Kier molecular flexibility index (Phi) is 4.58. The maximum absolute atomic E-state index is 11.4. The summed E-state index contributed by atoms with van der Waals surface area (Å²) in [4.78, 5) is 6.77. The Balaban J connectivity index is 2.10. The third kappa shape index (κ3) is 4.28. The minimum atomic E-state index is -0.644. The molecule has 2 rings (SSSR count). The van der Waals surface area contributed by atoms with E-state index in [1.807, 2.05) is 12.3 Å². The molecular formula is C14H23N3OS. The van der Waals surface area contributed by atoms with Gasteiger partial charge in [0.1, 0.15) is 5.82 Å². The van der Waals surface area contributed by atoms with E-state index < -0.39 is 10.8 Å². The van der Waals surface area contributed by atoms with Crippen molar-refractivity contribution < 1.29 is 4.21 Å². The molecule has 19 heavy (non-hydrogen) atoms. The van der Waals surface area contributed by atoms with Gasteiger partial charge < -0.3 is 10.2 Å². The van der Waals surface area contributed by atoms with Crippen molar-refractivity contribution in [1.82, 2.24) is 10.3 Å². The second kappa shape index (κ2) is 6.01. The lowest BCUT2D eigenvalue weighted by molar-refractivity contribution is 0.424. The lowest BCUT2D eigenvalue weighted by atomic mass is 10.1. The summed E-state index contributed by atoms with van der Waals surface area (Å²) in [5.74, 6) is 2.54. The molecule has 0 radical (unpaired) electrons. The highest BCUT2D eigenvalue weighted by Gasteiger charge is 2.19. The summed E-state index contributed by atoms with van der Waals surface area (Å²) in [6, 6.07) is 4.10. The van der Waals surface area contributed by atoms with Crippen LogP contribution in [0, 0.1) is 0 Å². The van der Waals surface area contributed by atoms with Crippen LogP contribution in [0.5, 0.6) is 0 Å². The highest BCUT2D eigenvalue weighted by Crippen LogP contribution is 2.19. The molecule has 0 amide bonds. The molecule has 0 spiro atoms. The van der Waals surface area contributed by atoms with E-state index >= 15 is 0 Å². The first-order valence-corrected chi connectivity index (χ1v) is 8.23. The molecule has 0 bridgehead atoms. The van der Waals surface area contributed by atoms with Gasteiger partial charge in [-0.25, -0.2) is 4.98 Å².